The third-order valence-electron chi connectivity index (χ3n) is 1.50. The number of aromatic nitrogens is 1. The molecule has 1 amide bonds. The summed E-state index contributed by atoms with van der Waals surface area (Å²) in [7, 11) is 0. The number of amides is 1. The molecule has 3 N–H and O–H groups in total. The van der Waals surface area contributed by atoms with Gasteiger partial charge in [0.2, 0.25) is 0 Å². The van der Waals surface area contributed by atoms with Gasteiger partial charge in [-0.05, 0) is 42.8 Å². The number of anilines is 2. The van der Waals surface area contributed by atoms with Crippen LogP contribution in [0.25, 0.3) is 0 Å². The molecule has 0 aliphatic heterocycles. The Hall–Kier alpha value is -1.30. The first kappa shape index (κ1) is 12.8. The van der Waals surface area contributed by atoms with Crippen molar-refractivity contribution in [1.29, 1.82) is 0 Å². The number of ether oxygens (including phenoxy) is 1. The largest absolute Gasteiger partial charge is 0.444 e. The molecule has 0 atom stereocenters. The zero-order valence-corrected chi connectivity index (χ0v) is 11.0. The fourth-order valence-electron chi connectivity index (χ4n) is 0.960. The van der Waals surface area contributed by atoms with Crippen LogP contribution in [0.3, 0.4) is 0 Å². The van der Waals surface area contributed by atoms with Gasteiger partial charge in [0.05, 0.1) is 5.69 Å². The van der Waals surface area contributed by atoms with E-state index in [1.807, 2.05) is 0 Å². The van der Waals surface area contributed by atoms with Gasteiger partial charge in [0.25, 0.3) is 0 Å². The van der Waals surface area contributed by atoms with Gasteiger partial charge in [-0.3, -0.25) is 5.32 Å². The first-order chi connectivity index (χ1) is 7.28. The summed E-state index contributed by atoms with van der Waals surface area (Å²) >= 11 is 3.22. The number of hydrogen-bond donors (Lipinski definition) is 2. The van der Waals surface area contributed by atoms with Gasteiger partial charge in [0.1, 0.15) is 5.60 Å². The van der Waals surface area contributed by atoms with Crippen molar-refractivity contribution in [2.24, 2.45) is 0 Å². The van der Waals surface area contributed by atoms with E-state index in [-0.39, 0.29) is 5.82 Å². The quantitative estimate of drug-likeness (QED) is 0.833. The van der Waals surface area contributed by atoms with Crippen LogP contribution in [0.15, 0.2) is 16.7 Å². The second-order valence-corrected chi connectivity index (χ2v) is 5.13. The smallest absolute Gasteiger partial charge is 0.413 e. The zero-order valence-electron chi connectivity index (χ0n) is 9.37. The van der Waals surface area contributed by atoms with Crippen LogP contribution in [0.5, 0.6) is 0 Å². The predicted octanol–water partition coefficient (Wildman–Crippen LogP) is 2.77. The monoisotopic (exact) mass is 287 g/mol. The molecule has 16 heavy (non-hydrogen) atoms. The highest BCUT2D eigenvalue weighted by Crippen LogP contribution is 2.20. The van der Waals surface area contributed by atoms with Gasteiger partial charge in [-0.2, -0.15) is 0 Å². The van der Waals surface area contributed by atoms with Crippen LogP contribution in [0.1, 0.15) is 20.8 Å². The van der Waals surface area contributed by atoms with E-state index >= 15 is 0 Å². The van der Waals surface area contributed by atoms with Crippen molar-refractivity contribution >= 4 is 33.5 Å². The maximum atomic E-state index is 11.4. The van der Waals surface area contributed by atoms with Crippen molar-refractivity contribution in [2.75, 3.05) is 11.1 Å². The van der Waals surface area contributed by atoms with Crippen LogP contribution in [-0.4, -0.2) is 16.7 Å². The van der Waals surface area contributed by atoms with Crippen molar-refractivity contribution in [3.8, 4) is 0 Å². The summed E-state index contributed by atoms with van der Waals surface area (Å²) in [4.78, 5) is 15.4. The van der Waals surface area contributed by atoms with Crippen molar-refractivity contribution in [3.05, 3.63) is 16.7 Å². The number of halogens is 1. The summed E-state index contributed by atoms with van der Waals surface area (Å²) in [6.07, 6.45) is 0.970. The number of nitrogens with one attached hydrogen (secondary N) is 1. The summed E-state index contributed by atoms with van der Waals surface area (Å²) in [5.74, 6) is 0.289. The number of hydrogen-bond acceptors (Lipinski definition) is 4. The lowest BCUT2D eigenvalue weighted by Gasteiger charge is -2.19. The Morgan fingerprint density at radius 2 is 2.19 bits per heavy atom. The van der Waals surface area contributed by atoms with Crippen LogP contribution in [0.4, 0.5) is 16.3 Å². The molecule has 88 valence electrons. The third-order valence-corrected chi connectivity index (χ3v) is 1.94. The van der Waals surface area contributed by atoms with E-state index in [1.165, 1.54) is 0 Å². The molecule has 5 nitrogen and oxygen atoms in total. The molecule has 0 aliphatic carbocycles. The van der Waals surface area contributed by atoms with Crippen LogP contribution >= 0.6 is 15.9 Å². The maximum absolute atomic E-state index is 11.4. The topological polar surface area (TPSA) is 77.2 Å². The lowest BCUT2D eigenvalue weighted by atomic mass is 10.2. The summed E-state index contributed by atoms with van der Waals surface area (Å²) in [5.41, 5.74) is 5.50. The maximum Gasteiger partial charge on any atom is 0.413 e. The molecule has 1 aromatic heterocycles. The summed E-state index contributed by atoms with van der Waals surface area (Å²) in [5, 5.41) is 2.48. The number of carbonyl (C=O) groups is 1. The molecule has 0 saturated carbocycles. The molecule has 0 bridgehead atoms. The number of rotatable bonds is 1. The number of pyridine rings is 1. The Bertz CT molecular complexity index is 402. The molecule has 0 aliphatic rings. The highest BCUT2D eigenvalue weighted by atomic mass is 79.9. The van der Waals surface area contributed by atoms with E-state index in [1.54, 1.807) is 33.0 Å². The highest BCUT2D eigenvalue weighted by molar-refractivity contribution is 9.10. The number of nitrogens with two attached hydrogens (primary N) is 1. The lowest BCUT2D eigenvalue weighted by Crippen LogP contribution is -2.27. The lowest BCUT2D eigenvalue weighted by molar-refractivity contribution is 0.0635. The van der Waals surface area contributed by atoms with Crippen LogP contribution < -0.4 is 11.1 Å². The minimum Gasteiger partial charge on any atom is -0.444 e. The summed E-state index contributed by atoms with van der Waals surface area (Å²) in [6, 6.07) is 1.65. The highest BCUT2D eigenvalue weighted by Gasteiger charge is 2.17. The zero-order chi connectivity index (χ0) is 12.3. The Balaban J connectivity index is 2.70. The summed E-state index contributed by atoms with van der Waals surface area (Å²) < 4.78 is 5.82. The second kappa shape index (κ2) is 4.69. The van der Waals surface area contributed by atoms with Crippen molar-refractivity contribution < 1.29 is 9.53 Å². The summed E-state index contributed by atoms with van der Waals surface area (Å²) in [6.45, 7) is 5.35. The standard InChI is InChI=1S/C10H14BrN3O2/c1-10(2,3)16-9(15)14-8-7(12)4-6(11)5-13-8/h4-5H,12H2,1-3H3,(H,13,14,15). The normalized spacial score (nSPS) is 11.0. The van der Waals surface area contributed by atoms with Gasteiger partial charge in [-0.25, -0.2) is 9.78 Å². The van der Waals surface area contributed by atoms with Crippen molar-refractivity contribution in [2.45, 2.75) is 26.4 Å². The molecule has 0 radical (unpaired) electrons. The predicted molar refractivity (Wildman–Crippen MR) is 66.2 cm³/mol. The van der Waals surface area contributed by atoms with Crippen LogP contribution in [-0.2, 0) is 4.74 Å². The average Bonchev–Trinajstić information content (AvgIpc) is 2.06. The molecule has 1 aromatic rings. The Labute approximate surface area is 103 Å². The van der Waals surface area contributed by atoms with E-state index in [9.17, 15) is 4.79 Å². The van der Waals surface area contributed by atoms with Crippen LogP contribution in [0.2, 0.25) is 0 Å². The molecule has 0 fully saturated rings. The Kier molecular flexibility index (Phi) is 3.74. The van der Waals surface area contributed by atoms with Crippen LogP contribution in [0, 0.1) is 0 Å². The molecule has 0 unspecified atom stereocenters. The van der Waals surface area contributed by atoms with E-state index in [4.69, 9.17) is 10.5 Å². The van der Waals surface area contributed by atoms with Gasteiger partial charge in [-0.15, -0.1) is 0 Å². The van der Waals surface area contributed by atoms with E-state index in [2.05, 4.69) is 26.2 Å². The molecule has 0 saturated heterocycles. The molecule has 0 aromatic carbocycles. The SMILES string of the molecule is CC(C)(C)OC(=O)Nc1ncc(Br)cc1N. The minimum absolute atomic E-state index is 0.289. The van der Waals surface area contributed by atoms with E-state index < -0.39 is 11.7 Å². The number of nitrogens with zero attached hydrogens (tertiary/aromatic N) is 1. The molecule has 1 rings (SSSR count). The molecular weight excluding hydrogens is 274 g/mol. The molecule has 1 heterocycles. The van der Waals surface area contributed by atoms with Gasteiger partial charge < -0.3 is 10.5 Å². The van der Waals surface area contributed by atoms with Crippen molar-refractivity contribution in [3.63, 3.8) is 0 Å². The van der Waals surface area contributed by atoms with E-state index in [0.29, 0.717) is 5.69 Å². The van der Waals surface area contributed by atoms with E-state index in [0.717, 1.165) is 4.47 Å². The van der Waals surface area contributed by atoms with Crippen molar-refractivity contribution in [1.82, 2.24) is 4.98 Å². The Morgan fingerprint density at radius 1 is 1.56 bits per heavy atom. The average molecular weight is 288 g/mol. The molecule has 6 heteroatoms. The minimum atomic E-state index is -0.575. The van der Waals surface area contributed by atoms with Gasteiger partial charge >= 0.3 is 6.09 Å². The molecular formula is C10H14BrN3O2. The fourth-order valence-corrected chi connectivity index (χ4v) is 1.31. The molecule has 0 spiro atoms. The van der Waals surface area contributed by atoms with Gasteiger partial charge in [0, 0.05) is 10.7 Å². The first-order valence-corrected chi connectivity index (χ1v) is 5.48. The third kappa shape index (κ3) is 4.06. The van der Waals surface area contributed by atoms with Gasteiger partial charge in [0.15, 0.2) is 5.82 Å². The van der Waals surface area contributed by atoms with Gasteiger partial charge in [-0.1, -0.05) is 0 Å². The number of nitrogen functional groups attached to an aromatic ring is 1. The number of carbonyl (C=O) groups excluding carboxylic acids is 1. The Morgan fingerprint density at radius 3 is 2.69 bits per heavy atom. The fraction of sp³-hybridized carbons (Fsp3) is 0.400. The second-order valence-electron chi connectivity index (χ2n) is 4.22. The first-order valence-electron chi connectivity index (χ1n) is 4.69.